The zero-order chi connectivity index (χ0) is 16.1. The fraction of sp³-hybridized carbons (Fsp3) is 0.786. The van der Waals surface area contributed by atoms with E-state index < -0.39 is 35.1 Å². The summed E-state index contributed by atoms with van der Waals surface area (Å²) in [6.07, 6.45) is -1.07. The maximum atomic E-state index is 11.8. The minimum atomic E-state index is -0.808. The van der Waals surface area contributed by atoms with E-state index >= 15 is 0 Å². The van der Waals surface area contributed by atoms with Crippen LogP contribution in [0.4, 0.5) is 4.79 Å². The number of esters is 1. The molecule has 0 saturated carbocycles. The molecule has 6 nitrogen and oxygen atoms in total. The molecule has 20 heavy (non-hydrogen) atoms. The van der Waals surface area contributed by atoms with Crippen LogP contribution in [0, 0.1) is 0 Å². The van der Waals surface area contributed by atoms with Gasteiger partial charge >= 0.3 is 12.1 Å². The molecule has 1 N–H and O–H groups in total. The number of alkyl carbamates (subject to hydrolysis) is 1. The van der Waals surface area contributed by atoms with Gasteiger partial charge in [-0.1, -0.05) is 0 Å². The highest BCUT2D eigenvalue weighted by Gasteiger charge is 2.24. The van der Waals surface area contributed by atoms with E-state index in [0.29, 0.717) is 0 Å². The maximum absolute atomic E-state index is 11.8. The molecule has 6 heteroatoms. The molecule has 0 fully saturated rings. The molecule has 0 aromatic carbocycles. The number of carbonyl (C=O) groups is 3. The Morgan fingerprint density at radius 2 is 1.40 bits per heavy atom. The monoisotopic (exact) mass is 287 g/mol. The van der Waals surface area contributed by atoms with Gasteiger partial charge in [0.05, 0.1) is 6.04 Å². The van der Waals surface area contributed by atoms with Crippen LogP contribution in [0.15, 0.2) is 0 Å². The zero-order valence-electron chi connectivity index (χ0n) is 13.3. The van der Waals surface area contributed by atoms with E-state index in [1.54, 1.807) is 41.5 Å². The molecule has 1 amide bonds. The lowest BCUT2D eigenvalue weighted by molar-refractivity contribution is -0.156. The average molecular weight is 287 g/mol. The van der Waals surface area contributed by atoms with Gasteiger partial charge in [-0.2, -0.15) is 0 Å². The number of hydrogen-bond acceptors (Lipinski definition) is 5. The third-order valence-corrected chi connectivity index (χ3v) is 1.95. The Hall–Kier alpha value is -1.59. The van der Waals surface area contributed by atoms with Crippen molar-refractivity contribution >= 4 is 17.8 Å². The van der Waals surface area contributed by atoms with Gasteiger partial charge in [-0.15, -0.1) is 0 Å². The molecular formula is C14H25NO5. The van der Waals surface area contributed by atoms with E-state index in [1.807, 2.05) is 0 Å². The predicted octanol–water partition coefficient (Wildman–Crippen LogP) is 2.20. The Morgan fingerprint density at radius 1 is 0.950 bits per heavy atom. The van der Waals surface area contributed by atoms with Crippen LogP contribution in [0.25, 0.3) is 0 Å². The van der Waals surface area contributed by atoms with Gasteiger partial charge in [-0.05, 0) is 48.5 Å². The lowest BCUT2D eigenvalue weighted by atomic mass is 10.1. The molecule has 0 aliphatic carbocycles. The third-order valence-electron chi connectivity index (χ3n) is 1.95. The molecule has 1 unspecified atom stereocenters. The summed E-state index contributed by atoms with van der Waals surface area (Å²) in [5, 5.41) is 2.39. The van der Waals surface area contributed by atoms with Crippen molar-refractivity contribution in [3.63, 3.8) is 0 Å². The summed E-state index contributed by atoms with van der Waals surface area (Å²) in [5.74, 6) is -1.04. The second-order valence-electron chi connectivity index (χ2n) is 6.60. The highest BCUT2D eigenvalue weighted by molar-refractivity contribution is 5.99. The fourth-order valence-corrected chi connectivity index (χ4v) is 1.24. The van der Waals surface area contributed by atoms with Gasteiger partial charge in [0.15, 0.2) is 5.78 Å². The SMILES string of the molecule is CC(NC(=O)OC(C)(C)C)C(=O)CC(=O)OC(C)(C)C. The van der Waals surface area contributed by atoms with E-state index in [9.17, 15) is 14.4 Å². The Labute approximate surface area is 120 Å². The first kappa shape index (κ1) is 18.4. The van der Waals surface area contributed by atoms with Crippen molar-refractivity contribution in [1.82, 2.24) is 5.32 Å². The van der Waals surface area contributed by atoms with E-state index in [2.05, 4.69) is 5.32 Å². The summed E-state index contributed by atoms with van der Waals surface area (Å²) in [4.78, 5) is 34.8. The number of hydrogen-bond donors (Lipinski definition) is 1. The van der Waals surface area contributed by atoms with Crippen molar-refractivity contribution in [2.45, 2.75) is 72.1 Å². The minimum Gasteiger partial charge on any atom is -0.460 e. The molecule has 0 spiro atoms. The number of rotatable bonds is 4. The van der Waals surface area contributed by atoms with Crippen LogP contribution in [-0.4, -0.2) is 35.1 Å². The van der Waals surface area contributed by atoms with Crippen LogP contribution in [-0.2, 0) is 19.1 Å². The molecule has 0 radical (unpaired) electrons. The molecule has 0 saturated heterocycles. The second kappa shape index (κ2) is 6.72. The van der Waals surface area contributed by atoms with Crippen LogP contribution in [0.2, 0.25) is 0 Å². The Kier molecular flexibility index (Phi) is 6.19. The predicted molar refractivity (Wildman–Crippen MR) is 74.3 cm³/mol. The van der Waals surface area contributed by atoms with Crippen LogP contribution in [0.5, 0.6) is 0 Å². The number of nitrogens with one attached hydrogen (secondary N) is 1. The first-order valence-corrected chi connectivity index (χ1v) is 6.54. The van der Waals surface area contributed by atoms with Gasteiger partial charge in [-0.25, -0.2) is 4.79 Å². The van der Waals surface area contributed by atoms with Gasteiger partial charge in [0.2, 0.25) is 0 Å². The molecule has 0 aliphatic rings. The minimum absolute atomic E-state index is 0.381. The molecular weight excluding hydrogens is 262 g/mol. The molecule has 0 bridgehead atoms. The number of Topliss-reactive ketones (excluding diaryl/α,β-unsaturated/α-hetero) is 1. The lowest BCUT2D eigenvalue weighted by Gasteiger charge is -2.22. The van der Waals surface area contributed by atoms with Crippen molar-refractivity contribution in [3.8, 4) is 0 Å². The summed E-state index contributed by atoms with van der Waals surface area (Å²) in [5.41, 5.74) is -1.28. The van der Waals surface area contributed by atoms with Gasteiger partial charge in [0.1, 0.15) is 17.6 Å². The topological polar surface area (TPSA) is 81.7 Å². The summed E-state index contributed by atoms with van der Waals surface area (Å²) >= 11 is 0. The van der Waals surface area contributed by atoms with Gasteiger partial charge < -0.3 is 14.8 Å². The van der Waals surface area contributed by atoms with Crippen LogP contribution in [0.1, 0.15) is 54.9 Å². The van der Waals surface area contributed by atoms with E-state index in [0.717, 1.165) is 0 Å². The maximum Gasteiger partial charge on any atom is 0.408 e. The molecule has 0 heterocycles. The number of ketones is 1. The molecule has 0 aromatic heterocycles. The largest absolute Gasteiger partial charge is 0.460 e. The zero-order valence-corrected chi connectivity index (χ0v) is 13.3. The molecule has 1 atom stereocenters. The molecule has 0 rings (SSSR count). The van der Waals surface area contributed by atoms with Crippen molar-refractivity contribution < 1.29 is 23.9 Å². The fourth-order valence-electron chi connectivity index (χ4n) is 1.24. The van der Waals surface area contributed by atoms with E-state index in [4.69, 9.17) is 9.47 Å². The molecule has 116 valence electrons. The Morgan fingerprint density at radius 3 is 1.80 bits per heavy atom. The smallest absolute Gasteiger partial charge is 0.408 e. The molecule has 0 aromatic rings. The number of amides is 1. The van der Waals surface area contributed by atoms with Crippen molar-refractivity contribution in [1.29, 1.82) is 0 Å². The Balaban J connectivity index is 4.29. The second-order valence-corrected chi connectivity index (χ2v) is 6.60. The summed E-state index contributed by atoms with van der Waals surface area (Å²) < 4.78 is 10.1. The van der Waals surface area contributed by atoms with Crippen LogP contribution < -0.4 is 5.32 Å². The first-order valence-electron chi connectivity index (χ1n) is 6.54. The Bertz CT molecular complexity index is 376. The van der Waals surface area contributed by atoms with Crippen molar-refractivity contribution in [2.75, 3.05) is 0 Å². The van der Waals surface area contributed by atoms with Crippen molar-refractivity contribution in [3.05, 3.63) is 0 Å². The van der Waals surface area contributed by atoms with Crippen molar-refractivity contribution in [2.24, 2.45) is 0 Å². The number of ether oxygens (including phenoxy) is 2. The summed E-state index contributed by atoms with van der Waals surface area (Å²) in [6.45, 7) is 11.8. The third kappa shape index (κ3) is 9.35. The standard InChI is InChI=1S/C14H25NO5/c1-9(15-12(18)20-14(5,6)7)10(16)8-11(17)19-13(2,3)4/h9H,8H2,1-7H3,(H,15,18). The normalized spacial score (nSPS) is 13.3. The van der Waals surface area contributed by atoms with E-state index in [1.165, 1.54) is 6.92 Å². The lowest BCUT2D eigenvalue weighted by Crippen LogP contribution is -2.42. The average Bonchev–Trinajstić information content (AvgIpc) is 2.10. The quantitative estimate of drug-likeness (QED) is 0.633. The van der Waals surface area contributed by atoms with Gasteiger partial charge in [0, 0.05) is 0 Å². The molecule has 0 aliphatic heterocycles. The highest BCUT2D eigenvalue weighted by atomic mass is 16.6. The highest BCUT2D eigenvalue weighted by Crippen LogP contribution is 2.10. The number of carbonyl (C=O) groups excluding carboxylic acids is 3. The summed E-state index contributed by atoms with van der Waals surface area (Å²) in [7, 11) is 0. The van der Waals surface area contributed by atoms with E-state index in [-0.39, 0.29) is 6.42 Å². The van der Waals surface area contributed by atoms with Crippen LogP contribution >= 0.6 is 0 Å². The first-order chi connectivity index (χ1) is 8.80. The van der Waals surface area contributed by atoms with Crippen LogP contribution in [0.3, 0.4) is 0 Å². The van der Waals surface area contributed by atoms with Gasteiger partial charge in [0.25, 0.3) is 0 Å². The van der Waals surface area contributed by atoms with Gasteiger partial charge in [-0.3, -0.25) is 9.59 Å². The summed E-state index contributed by atoms with van der Waals surface area (Å²) in [6, 6.07) is -0.808.